The fourth-order valence-corrected chi connectivity index (χ4v) is 4.25. The molecule has 0 unspecified atom stereocenters. The Morgan fingerprint density at radius 3 is 2.27 bits per heavy atom. The van der Waals surface area contributed by atoms with Gasteiger partial charge in [0.2, 0.25) is 5.91 Å². The number of nitrogens with one attached hydrogen (secondary N) is 1. The molecule has 0 aromatic heterocycles. The molecule has 1 aromatic rings. The van der Waals surface area contributed by atoms with Crippen LogP contribution in [0.3, 0.4) is 0 Å². The molecule has 1 aromatic carbocycles. The number of urea groups is 1. The second-order valence-electron chi connectivity index (χ2n) is 8.12. The molecule has 30 heavy (non-hydrogen) atoms. The fraction of sp³-hybridized carbons (Fsp3) is 0.545. The van der Waals surface area contributed by atoms with Crippen LogP contribution in [0.2, 0.25) is 0 Å². The Hall–Kier alpha value is -2.90. The van der Waals surface area contributed by atoms with Crippen molar-refractivity contribution >= 4 is 35.1 Å². The molecule has 0 bridgehead atoms. The van der Waals surface area contributed by atoms with Crippen molar-refractivity contribution in [1.82, 2.24) is 9.80 Å². The zero-order valence-electron chi connectivity index (χ0n) is 17.9. The van der Waals surface area contributed by atoms with Gasteiger partial charge in [-0.3, -0.25) is 19.3 Å². The Morgan fingerprint density at radius 1 is 1.07 bits per heavy atom. The molecule has 1 N–H and O–H groups in total. The highest BCUT2D eigenvalue weighted by Crippen LogP contribution is 2.27. The first-order valence-corrected chi connectivity index (χ1v) is 10.7. The second-order valence-corrected chi connectivity index (χ2v) is 8.12. The van der Waals surface area contributed by atoms with Gasteiger partial charge in [-0.05, 0) is 57.9 Å². The molecular formula is C22H30N4O4. The summed E-state index contributed by atoms with van der Waals surface area (Å²) in [6.45, 7) is 6.70. The van der Waals surface area contributed by atoms with Crippen LogP contribution in [-0.4, -0.2) is 58.7 Å². The van der Waals surface area contributed by atoms with E-state index < -0.39 is 30.3 Å². The van der Waals surface area contributed by atoms with Crippen molar-refractivity contribution in [2.24, 2.45) is 0 Å². The van der Waals surface area contributed by atoms with Crippen LogP contribution in [0.1, 0.15) is 52.9 Å². The molecule has 1 saturated heterocycles. The molecular weight excluding hydrogens is 384 g/mol. The third kappa shape index (κ3) is 4.47. The molecule has 1 saturated carbocycles. The van der Waals surface area contributed by atoms with Crippen LogP contribution < -0.4 is 10.2 Å². The van der Waals surface area contributed by atoms with Crippen LogP contribution in [0.5, 0.6) is 0 Å². The molecule has 2 aliphatic rings. The minimum atomic E-state index is -0.924. The zero-order valence-corrected chi connectivity index (χ0v) is 17.9. The Labute approximate surface area is 177 Å². The van der Waals surface area contributed by atoms with Gasteiger partial charge in [-0.15, -0.1) is 0 Å². The molecule has 0 atom stereocenters. The number of benzene rings is 1. The van der Waals surface area contributed by atoms with Crippen molar-refractivity contribution in [2.75, 3.05) is 23.3 Å². The van der Waals surface area contributed by atoms with Crippen molar-refractivity contribution in [1.29, 1.82) is 0 Å². The molecule has 8 nitrogen and oxygen atoms in total. The first-order chi connectivity index (χ1) is 14.3. The van der Waals surface area contributed by atoms with Crippen molar-refractivity contribution in [2.45, 2.75) is 65.0 Å². The van der Waals surface area contributed by atoms with Gasteiger partial charge >= 0.3 is 17.8 Å². The van der Waals surface area contributed by atoms with Crippen molar-refractivity contribution in [3.63, 3.8) is 0 Å². The van der Waals surface area contributed by atoms with E-state index in [1.165, 1.54) is 0 Å². The largest absolute Gasteiger partial charge is 0.369 e. The highest BCUT2D eigenvalue weighted by atomic mass is 16.2. The number of carbonyl (C=O) groups excluding carboxylic acids is 4. The molecule has 5 amide bonds. The number of hydrogen-bond donors (Lipinski definition) is 1. The fourth-order valence-electron chi connectivity index (χ4n) is 4.25. The lowest BCUT2D eigenvalue weighted by molar-refractivity contribution is -0.144. The number of imide groups is 2. The lowest BCUT2D eigenvalue weighted by atomic mass is 9.94. The van der Waals surface area contributed by atoms with Crippen molar-refractivity contribution < 1.29 is 19.2 Å². The minimum Gasteiger partial charge on any atom is -0.369 e. The van der Waals surface area contributed by atoms with Gasteiger partial charge in [0.05, 0.1) is 0 Å². The van der Waals surface area contributed by atoms with Gasteiger partial charge in [-0.25, -0.2) is 9.69 Å². The topological polar surface area (TPSA) is 90.0 Å². The number of anilines is 2. The average Bonchev–Trinajstić information content (AvgIpc) is 2.93. The second kappa shape index (κ2) is 9.28. The van der Waals surface area contributed by atoms with Gasteiger partial charge in [0.1, 0.15) is 6.54 Å². The van der Waals surface area contributed by atoms with E-state index in [1.807, 2.05) is 12.1 Å². The summed E-state index contributed by atoms with van der Waals surface area (Å²) in [5.74, 6) is -2.26. The summed E-state index contributed by atoms with van der Waals surface area (Å²) in [4.78, 5) is 53.7. The Balaban J connectivity index is 1.62. The van der Waals surface area contributed by atoms with Crippen LogP contribution in [-0.2, 0) is 14.4 Å². The predicted octanol–water partition coefficient (Wildman–Crippen LogP) is 2.98. The molecule has 2 fully saturated rings. The standard InChI is InChI=1S/C22H30N4O4/c1-4-24(15(2)3)17-12-10-16(11-13-17)23-19(27)14-25-20(28)21(29)26(22(25)30)18-8-6-5-7-9-18/h10-13,15,18H,4-9,14H2,1-3H3,(H,23,27). The van der Waals surface area contributed by atoms with E-state index >= 15 is 0 Å². The van der Waals surface area contributed by atoms with E-state index in [2.05, 4.69) is 31.0 Å². The Morgan fingerprint density at radius 2 is 1.70 bits per heavy atom. The van der Waals surface area contributed by atoms with Gasteiger partial charge in [-0.1, -0.05) is 19.3 Å². The van der Waals surface area contributed by atoms with Crippen LogP contribution in [0.4, 0.5) is 16.2 Å². The van der Waals surface area contributed by atoms with Gasteiger partial charge in [-0.2, -0.15) is 0 Å². The van der Waals surface area contributed by atoms with Gasteiger partial charge in [0.25, 0.3) is 0 Å². The number of hydrogen-bond acceptors (Lipinski definition) is 5. The summed E-state index contributed by atoms with van der Waals surface area (Å²) in [5, 5.41) is 2.70. The summed E-state index contributed by atoms with van der Waals surface area (Å²) >= 11 is 0. The molecule has 3 rings (SSSR count). The first-order valence-electron chi connectivity index (χ1n) is 10.7. The quantitative estimate of drug-likeness (QED) is 0.547. The Kier molecular flexibility index (Phi) is 6.74. The van der Waals surface area contributed by atoms with E-state index in [0.717, 1.165) is 41.3 Å². The predicted molar refractivity (Wildman–Crippen MR) is 114 cm³/mol. The average molecular weight is 415 g/mol. The summed E-state index contributed by atoms with van der Waals surface area (Å²) in [6, 6.07) is 6.83. The third-order valence-electron chi connectivity index (χ3n) is 5.77. The maximum atomic E-state index is 12.7. The van der Waals surface area contributed by atoms with Gasteiger partial charge in [0, 0.05) is 30.0 Å². The SMILES string of the molecule is CCN(c1ccc(NC(=O)CN2C(=O)C(=O)N(C3CCCCC3)C2=O)cc1)C(C)C. The number of carbonyl (C=O) groups is 4. The highest BCUT2D eigenvalue weighted by molar-refractivity contribution is 6.45. The number of nitrogens with zero attached hydrogens (tertiary/aromatic N) is 3. The normalized spacial score (nSPS) is 17.8. The number of rotatable bonds is 7. The molecule has 1 aliphatic heterocycles. The Bertz CT molecular complexity index is 815. The molecule has 1 heterocycles. The van der Waals surface area contributed by atoms with Gasteiger partial charge in [0.15, 0.2) is 0 Å². The van der Waals surface area contributed by atoms with E-state index in [1.54, 1.807) is 12.1 Å². The van der Waals surface area contributed by atoms with Crippen LogP contribution in [0.25, 0.3) is 0 Å². The lowest BCUT2D eigenvalue weighted by Crippen LogP contribution is -2.43. The maximum absolute atomic E-state index is 12.7. The smallest absolute Gasteiger partial charge is 0.334 e. The number of amides is 5. The molecule has 162 valence electrons. The van der Waals surface area contributed by atoms with Crippen LogP contribution >= 0.6 is 0 Å². The van der Waals surface area contributed by atoms with Crippen LogP contribution in [0.15, 0.2) is 24.3 Å². The van der Waals surface area contributed by atoms with E-state index in [9.17, 15) is 19.2 Å². The highest BCUT2D eigenvalue weighted by Gasteiger charge is 2.48. The van der Waals surface area contributed by atoms with E-state index in [0.29, 0.717) is 24.6 Å². The maximum Gasteiger partial charge on any atom is 0.334 e. The summed E-state index contributed by atoms with van der Waals surface area (Å²) in [7, 11) is 0. The van der Waals surface area contributed by atoms with Gasteiger partial charge < -0.3 is 10.2 Å². The first kappa shape index (κ1) is 21.8. The van der Waals surface area contributed by atoms with Crippen molar-refractivity contribution in [3.05, 3.63) is 24.3 Å². The molecule has 1 aliphatic carbocycles. The summed E-state index contributed by atoms with van der Waals surface area (Å²) in [6.07, 6.45) is 4.35. The summed E-state index contributed by atoms with van der Waals surface area (Å²) < 4.78 is 0. The molecule has 0 radical (unpaired) electrons. The van der Waals surface area contributed by atoms with E-state index in [4.69, 9.17) is 0 Å². The van der Waals surface area contributed by atoms with Crippen LogP contribution in [0, 0.1) is 0 Å². The summed E-state index contributed by atoms with van der Waals surface area (Å²) in [5.41, 5.74) is 1.61. The monoisotopic (exact) mass is 414 g/mol. The lowest BCUT2D eigenvalue weighted by Gasteiger charge is -2.28. The van der Waals surface area contributed by atoms with E-state index in [-0.39, 0.29) is 6.04 Å². The molecule has 8 heteroatoms. The van der Waals surface area contributed by atoms with Crippen molar-refractivity contribution in [3.8, 4) is 0 Å². The molecule has 0 spiro atoms. The zero-order chi connectivity index (χ0) is 21.8. The minimum absolute atomic E-state index is 0.245. The third-order valence-corrected chi connectivity index (χ3v) is 5.77.